The van der Waals surface area contributed by atoms with Crippen molar-refractivity contribution < 1.29 is 40.5 Å². The largest absolute Gasteiger partial charge is 0.394 e. The fourth-order valence-corrected chi connectivity index (χ4v) is 3.93. The summed E-state index contributed by atoms with van der Waals surface area (Å²) in [6.07, 6.45) is 9.54. The van der Waals surface area contributed by atoms with Gasteiger partial charge in [-0.3, -0.25) is 0 Å². The Morgan fingerprint density at radius 3 is 1.33 bits per heavy atom. The van der Waals surface area contributed by atoms with Crippen LogP contribution in [0.25, 0.3) is 0 Å². The van der Waals surface area contributed by atoms with E-state index in [1.807, 2.05) is 0 Å². The van der Waals surface area contributed by atoms with Crippen LogP contribution in [0.1, 0.15) is 103 Å². The molecule has 0 saturated heterocycles. The van der Waals surface area contributed by atoms with E-state index in [4.69, 9.17) is 9.84 Å². The minimum absolute atomic E-state index is 0.378. The van der Waals surface area contributed by atoms with E-state index in [1.165, 1.54) is 70.6 Å². The molecule has 8 nitrogen and oxygen atoms in total. The second-order valence-corrected chi connectivity index (χ2v) is 9.31. The molecule has 33 heavy (non-hydrogen) atoms. The maximum absolute atomic E-state index is 9.97. The van der Waals surface area contributed by atoms with Gasteiger partial charge in [0.15, 0.2) is 0 Å². The van der Waals surface area contributed by atoms with E-state index in [0.29, 0.717) is 6.42 Å². The van der Waals surface area contributed by atoms with Crippen LogP contribution in [-0.4, -0.2) is 92.2 Å². The van der Waals surface area contributed by atoms with Crippen molar-refractivity contribution >= 4 is 0 Å². The first kappa shape index (κ1) is 32.7. The van der Waals surface area contributed by atoms with Crippen molar-refractivity contribution in [2.24, 2.45) is 0 Å². The van der Waals surface area contributed by atoms with Gasteiger partial charge in [-0.05, 0) is 6.42 Å². The SMILES string of the molecule is CCCCCCCCCCCCCCCCC(OC[C@H](O)[C@@H](O)[C@H](O)[C@H](O)CO)C(O)CO. The Kier molecular flexibility index (Phi) is 21.9. The van der Waals surface area contributed by atoms with E-state index in [2.05, 4.69) is 6.92 Å². The Morgan fingerprint density at radius 2 is 0.909 bits per heavy atom. The number of unbranched alkanes of at least 4 members (excludes halogenated alkanes) is 13. The molecule has 0 fully saturated rings. The summed E-state index contributed by atoms with van der Waals surface area (Å²) in [6.45, 7) is 0.632. The minimum Gasteiger partial charge on any atom is -0.394 e. The molecule has 0 aliphatic heterocycles. The van der Waals surface area contributed by atoms with Crippen LogP contribution >= 0.6 is 0 Å². The second-order valence-electron chi connectivity index (χ2n) is 9.31. The molecule has 0 saturated carbocycles. The van der Waals surface area contributed by atoms with Crippen LogP contribution in [0, 0.1) is 0 Å². The van der Waals surface area contributed by atoms with Gasteiger partial charge in [-0.1, -0.05) is 96.8 Å². The molecular formula is C25H52O8. The zero-order valence-corrected chi connectivity index (χ0v) is 20.7. The highest BCUT2D eigenvalue weighted by atomic mass is 16.5. The fraction of sp³-hybridized carbons (Fsp3) is 1.00. The standard InChI is InChI=1S/C25H52O8/c1-2-3-4-5-6-7-8-9-10-11-12-13-14-15-16-23(20(28)17-26)33-19-22(30)25(32)24(31)21(29)18-27/h20-32H,2-19H2,1H3/t20?,21-,22+,23?,24-,25-/m1/s1. The van der Waals surface area contributed by atoms with Gasteiger partial charge < -0.3 is 40.5 Å². The molecule has 0 aliphatic rings. The van der Waals surface area contributed by atoms with Gasteiger partial charge in [-0.15, -0.1) is 0 Å². The van der Waals surface area contributed by atoms with E-state index >= 15 is 0 Å². The molecule has 0 aliphatic carbocycles. The number of aliphatic hydroxyl groups is 7. The van der Waals surface area contributed by atoms with E-state index in [1.54, 1.807) is 0 Å². The van der Waals surface area contributed by atoms with Crippen LogP contribution in [-0.2, 0) is 4.74 Å². The zero-order chi connectivity index (χ0) is 24.9. The molecule has 0 aromatic heterocycles. The molecule has 2 unspecified atom stereocenters. The number of ether oxygens (including phenoxy) is 1. The van der Waals surface area contributed by atoms with Gasteiger partial charge in [0.2, 0.25) is 0 Å². The zero-order valence-electron chi connectivity index (χ0n) is 20.7. The lowest BCUT2D eigenvalue weighted by molar-refractivity contribution is -0.145. The lowest BCUT2D eigenvalue weighted by Crippen LogP contribution is -2.48. The third kappa shape index (κ3) is 16.9. The molecule has 6 atom stereocenters. The van der Waals surface area contributed by atoms with Crippen molar-refractivity contribution in [3.63, 3.8) is 0 Å². The molecule has 200 valence electrons. The highest BCUT2D eigenvalue weighted by Gasteiger charge is 2.31. The fourth-order valence-electron chi connectivity index (χ4n) is 3.93. The smallest absolute Gasteiger partial charge is 0.111 e. The summed E-state index contributed by atoms with van der Waals surface area (Å²) >= 11 is 0. The molecule has 0 aromatic carbocycles. The summed E-state index contributed by atoms with van der Waals surface area (Å²) in [7, 11) is 0. The molecule has 0 radical (unpaired) electrons. The average molecular weight is 481 g/mol. The van der Waals surface area contributed by atoms with Crippen molar-refractivity contribution in [2.75, 3.05) is 19.8 Å². The van der Waals surface area contributed by atoms with Crippen molar-refractivity contribution in [1.82, 2.24) is 0 Å². The Balaban J connectivity index is 3.90. The van der Waals surface area contributed by atoms with Gasteiger partial charge >= 0.3 is 0 Å². The summed E-state index contributed by atoms with van der Waals surface area (Å²) in [5, 5.41) is 66.8. The molecule has 0 rings (SSSR count). The van der Waals surface area contributed by atoms with Crippen LogP contribution in [0.15, 0.2) is 0 Å². The van der Waals surface area contributed by atoms with E-state index < -0.39 is 49.8 Å². The average Bonchev–Trinajstić information content (AvgIpc) is 2.83. The normalized spacial score (nSPS) is 17.5. The maximum atomic E-state index is 9.97. The Hall–Kier alpha value is -0.320. The predicted octanol–water partition coefficient (Wildman–Crippen LogP) is 2.03. The highest BCUT2D eigenvalue weighted by Crippen LogP contribution is 2.16. The van der Waals surface area contributed by atoms with Crippen LogP contribution in [0.3, 0.4) is 0 Å². The first-order chi connectivity index (χ1) is 15.9. The molecule has 0 bridgehead atoms. The van der Waals surface area contributed by atoms with Crippen molar-refractivity contribution in [3.05, 3.63) is 0 Å². The quantitative estimate of drug-likeness (QED) is 0.104. The number of hydrogen-bond acceptors (Lipinski definition) is 8. The molecule has 7 N–H and O–H groups in total. The summed E-state index contributed by atoms with van der Waals surface area (Å²) < 4.78 is 5.48. The Morgan fingerprint density at radius 1 is 0.515 bits per heavy atom. The molecule has 0 amide bonds. The third-order valence-electron chi connectivity index (χ3n) is 6.26. The first-order valence-electron chi connectivity index (χ1n) is 13.1. The van der Waals surface area contributed by atoms with Gasteiger partial charge in [0.1, 0.15) is 30.5 Å². The van der Waals surface area contributed by atoms with Crippen LogP contribution in [0.4, 0.5) is 0 Å². The first-order valence-corrected chi connectivity index (χ1v) is 13.1. The Bertz CT molecular complexity index is 412. The number of aliphatic hydroxyl groups excluding tert-OH is 7. The van der Waals surface area contributed by atoms with E-state index in [-0.39, 0.29) is 6.61 Å². The van der Waals surface area contributed by atoms with Gasteiger partial charge in [0.25, 0.3) is 0 Å². The maximum Gasteiger partial charge on any atom is 0.111 e. The molecule has 8 heteroatoms. The van der Waals surface area contributed by atoms with Crippen LogP contribution in [0.5, 0.6) is 0 Å². The van der Waals surface area contributed by atoms with Gasteiger partial charge in [0.05, 0.1) is 25.9 Å². The third-order valence-corrected chi connectivity index (χ3v) is 6.26. The molecule has 0 heterocycles. The van der Waals surface area contributed by atoms with E-state index in [0.717, 1.165) is 19.3 Å². The van der Waals surface area contributed by atoms with Crippen LogP contribution in [0.2, 0.25) is 0 Å². The summed E-state index contributed by atoms with van der Waals surface area (Å²) in [4.78, 5) is 0. The Labute approximate surface area is 200 Å². The summed E-state index contributed by atoms with van der Waals surface area (Å²) in [5.74, 6) is 0. The van der Waals surface area contributed by atoms with Crippen molar-refractivity contribution in [3.8, 4) is 0 Å². The van der Waals surface area contributed by atoms with Crippen molar-refractivity contribution in [1.29, 1.82) is 0 Å². The summed E-state index contributed by atoms with van der Waals surface area (Å²) in [5.41, 5.74) is 0. The minimum atomic E-state index is -1.72. The monoisotopic (exact) mass is 480 g/mol. The van der Waals surface area contributed by atoms with E-state index in [9.17, 15) is 30.6 Å². The molecular weight excluding hydrogens is 428 g/mol. The van der Waals surface area contributed by atoms with Gasteiger partial charge in [-0.2, -0.15) is 0 Å². The number of hydrogen-bond donors (Lipinski definition) is 7. The topological polar surface area (TPSA) is 151 Å². The lowest BCUT2D eigenvalue weighted by Gasteiger charge is -2.28. The summed E-state index contributed by atoms with van der Waals surface area (Å²) in [6, 6.07) is 0. The molecule has 0 spiro atoms. The second kappa shape index (κ2) is 22.2. The predicted molar refractivity (Wildman–Crippen MR) is 129 cm³/mol. The lowest BCUT2D eigenvalue weighted by atomic mass is 10.0. The van der Waals surface area contributed by atoms with Gasteiger partial charge in [-0.25, -0.2) is 0 Å². The molecule has 0 aromatic rings. The highest BCUT2D eigenvalue weighted by molar-refractivity contribution is 4.81. The van der Waals surface area contributed by atoms with Crippen LogP contribution < -0.4 is 0 Å². The van der Waals surface area contributed by atoms with Crippen molar-refractivity contribution in [2.45, 2.75) is 140 Å². The number of rotatable bonds is 24. The van der Waals surface area contributed by atoms with Gasteiger partial charge in [0, 0.05) is 0 Å².